The number of hydrogen-bond acceptors (Lipinski definition) is 3. The Bertz CT molecular complexity index is 610. The monoisotopic (exact) mass is 393 g/mol. The van der Waals surface area contributed by atoms with Gasteiger partial charge in [-0.1, -0.05) is 26.0 Å². The van der Waals surface area contributed by atoms with E-state index in [-0.39, 0.29) is 0 Å². The average Bonchev–Trinajstić information content (AvgIpc) is 2.61. The molecule has 1 aliphatic heterocycles. The van der Waals surface area contributed by atoms with E-state index in [2.05, 4.69) is 53.1 Å². The summed E-state index contributed by atoms with van der Waals surface area (Å²) >= 11 is 1.94. The Balaban J connectivity index is 1.72. The van der Waals surface area contributed by atoms with Gasteiger partial charge in [-0.05, 0) is 42.9 Å². The smallest absolute Gasteiger partial charge is 0.277 e. The van der Waals surface area contributed by atoms with E-state index in [0.717, 1.165) is 60.8 Å². The number of ether oxygens (including phenoxy) is 1. The van der Waals surface area contributed by atoms with Crippen molar-refractivity contribution in [2.75, 3.05) is 58.4 Å². The van der Waals surface area contributed by atoms with Crippen LogP contribution in [-0.4, -0.2) is 73.7 Å². The summed E-state index contributed by atoms with van der Waals surface area (Å²) in [5, 5.41) is 0. The first kappa shape index (κ1) is 22.1. The number of carbonyl (C=O) groups excluding carboxylic acids is 1. The zero-order chi connectivity index (χ0) is 19.9. The lowest BCUT2D eigenvalue weighted by Gasteiger charge is -2.33. The maximum absolute atomic E-state index is 12.5. The van der Waals surface area contributed by atoms with Gasteiger partial charge in [-0.15, -0.1) is 0 Å². The molecule has 0 aliphatic carbocycles. The number of unbranched alkanes of at least 4 members (excludes halogenated alkanes) is 1. The predicted octanol–water partition coefficient (Wildman–Crippen LogP) is 3.93. The SMILES string of the molecule is Cc1ccc(C(C)C)c(OCCCC[N+](C)(C)CC(=O)N2CCSCC2)c1. The molecule has 0 N–H and O–H groups in total. The number of likely N-dealkylation sites (N-methyl/N-ethyl adjacent to an activating group) is 1. The standard InChI is InChI=1S/C22H37N2O2S/c1-18(2)20-9-8-19(3)16-21(20)26-13-7-6-12-24(4,5)17-22(25)23-10-14-27-15-11-23/h8-9,16,18H,6-7,10-15,17H2,1-5H3/q+1. The Morgan fingerprint density at radius 1 is 1.22 bits per heavy atom. The highest BCUT2D eigenvalue weighted by Crippen LogP contribution is 2.27. The molecular weight excluding hydrogens is 356 g/mol. The van der Waals surface area contributed by atoms with Gasteiger partial charge in [0, 0.05) is 24.6 Å². The number of rotatable bonds is 9. The molecule has 0 atom stereocenters. The molecule has 1 saturated heterocycles. The summed E-state index contributed by atoms with van der Waals surface area (Å²) < 4.78 is 6.84. The molecule has 0 aromatic heterocycles. The van der Waals surface area contributed by atoms with Gasteiger partial charge < -0.3 is 14.1 Å². The molecule has 4 nitrogen and oxygen atoms in total. The molecule has 0 saturated carbocycles. The highest BCUT2D eigenvalue weighted by atomic mass is 32.2. The van der Waals surface area contributed by atoms with Crippen molar-refractivity contribution in [2.45, 2.75) is 39.5 Å². The highest BCUT2D eigenvalue weighted by Gasteiger charge is 2.25. The fourth-order valence-electron chi connectivity index (χ4n) is 3.43. The Morgan fingerprint density at radius 3 is 2.59 bits per heavy atom. The highest BCUT2D eigenvalue weighted by molar-refractivity contribution is 7.99. The summed E-state index contributed by atoms with van der Waals surface area (Å²) in [5.41, 5.74) is 2.52. The van der Waals surface area contributed by atoms with E-state index >= 15 is 0 Å². The molecule has 1 fully saturated rings. The Kier molecular flexibility index (Phi) is 8.49. The second-order valence-electron chi connectivity index (χ2n) is 8.56. The molecule has 0 bridgehead atoms. The maximum Gasteiger partial charge on any atom is 0.277 e. The summed E-state index contributed by atoms with van der Waals surface area (Å²) in [5.74, 6) is 3.95. The summed E-state index contributed by atoms with van der Waals surface area (Å²) in [6.07, 6.45) is 2.08. The van der Waals surface area contributed by atoms with Crippen LogP contribution in [0.1, 0.15) is 43.7 Å². The van der Waals surface area contributed by atoms with Crippen molar-refractivity contribution in [3.63, 3.8) is 0 Å². The molecular formula is C22H37N2O2S+. The van der Waals surface area contributed by atoms with E-state index in [1.807, 2.05) is 16.7 Å². The number of thioether (sulfide) groups is 1. The molecule has 0 radical (unpaired) electrons. The summed E-state index contributed by atoms with van der Waals surface area (Å²) in [7, 11) is 4.32. The largest absolute Gasteiger partial charge is 0.493 e. The van der Waals surface area contributed by atoms with Crippen molar-refractivity contribution in [2.24, 2.45) is 0 Å². The first-order valence-electron chi connectivity index (χ1n) is 10.2. The van der Waals surface area contributed by atoms with Crippen molar-refractivity contribution in [3.05, 3.63) is 29.3 Å². The molecule has 1 amide bonds. The van der Waals surface area contributed by atoms with Crippen LogP contribution < -0.4 is 4.74 Å². The molecule has 0 unspecified atom stereocenters. The Labute approximate surface area is 169 Å². The van der Waals surface area contributed by atoms with Gasteiger partial charge in [-0.25, -0.2) is 0 Å². The van der Waals surface area contributed by atoms with E-state index in [1.165, 1.54) is 11.1 Å². The third-order valence-corrected chi connectivity index (χ3v) is 6.08. The van der Waals surface area contributed by atoms with Crippen LogP contribution in [0.2, 0.25) is 0 Å². The quantitative estimate of drug-likeness (QED) is 0.470. The van der Waals surface area contributed by atoms with Gasteiger partial charge in [-0.2, -0.15) is 11.8 Å². The van der Waals surface area contributed by atoms with Crippen molar-refractivity contribution in [1.82, 2.24) is 4.90 Å². The second kappa shape index (κ2) is 10.4. The molecule has 152 valence electrons. The maximum atomic E-state index is 12.5. The van der Waals surface area contributed by atoms with E-state index in [9.17, 15) is 4.79 Å². The number of aryl methyl sites for hydroxylation is 1. The lowest BCUT2D eigenvalue weighted by Crippen LogP contribution is -2.50. The minimum absolute atomic E-state index is 0.304. The summed E-state index contributed by atoms with van der Waals surface area (Å²) in [6, 6.07) is 6.48. The zero-order valence-electron chi connectivity index (χ0n) is 17.8. The van der Waals surface area contributed by atoms with Crippen LogP contribution in [0.3, 0.4) is 0 Å². The zero-order valence-corrected chi connectivity index (χ0v) is 18.6. The lowest BCUT2D eigenvalue weighted by molar-refractivity contribution is -0.883. The van der Waals surface area contributed by atoms with Gasteiger partial charge in [0.15, 0.2) is 6.54 Å². The molecule has 27 heavy (non-hydrogen) atoms. The lowest BCUT2D eigenvalue weighted by atomic mass is 10.0. The third-order valence-electron chi connectivity index (χ3n) is 5.13. The van der Waals surface area contributed by atoms with Crippen LogP contribution in [0.5, 0.6) is 5.75 Å². The van der Waals surface area contributed by atoms with Gasteiger partial charge >= 0.3 is 0 Å². The second-order valence-corrected chi connectivity index (χ2v) is 9.79. The molecule has 0 spiro atoms. The summed E-state index contributed by atoms with van der Waals surface area (Å²) in [4.78, 5) is 14.5. The number of hydrogen-bond donors (Lipinski definition) is 0. The minimum atomic E-state index is 0.304. The van der Waals surface area contributed by atoms with E-state index in [0.29, 0.717) is 18.4 Å². The van der Waals surface area contributed by atoms with Crippen LogP contribution in [0.25, 0.3) is 0 Å². The van der Waals surface area contributed by atoms with E-state index in [4.69, 9.17) is 4.74 Å². The third kappa shape index (κ3) is 7.38. The van der Waals surface area contributed by atoms with E-state index in [1.54, 1.807) is 0 Å². The van der Waals surface area contributed by atoms with Gasteiger partial charge in [0.25, 0.3) is 5.91 Å². The molecule has 5 heteroatoms. The van der Waals surface area contributed by atoms with Crippen LogP contribution >= 0.6 is 11.8 Å². The number of nitrogens with zero attached hydrogens (tertiary/aromatic N) is 2. The van der Waals surface area contributed by atoms with Gasteiger partial charge in [0.05, 0.1) is 27.2 Å². The topological polar surface area (TPSA) is 29.5 Å². The molecule has 2 rings (SSSR count). The van der Waals surface area contributed by atoms with Crippen LogP contribution in [0.15, 0.2) is 18.2 Å². The van der Waals surface area contributed by atoms with Crippen LogP contribution in [0.4, 0.5) is 0 Å². The fraction of sp³-hybridized carbons (Fsp3) is 0.682. The van der Waals surface area contributed by atoms with Crippen molar-refractivity contribution in [3.8, 4) is 5.75 Å². The molecule has 1 aliphatic rings. The number of benzene rings is 1. The normalized spacial score (nSPS) is 15.3. The number of carbonyl (C=O) groups is 1. The first-order chi connectivity index (χ1) is 12.8. The molecule has 1 heterocycles. The Hall–Kier alpha value is -1.20. The molecule has 1 aromatic carbocycles. The average molecular weight is 394 g/mol. The van der Waals surface area contributed by atoms with Crippen molar-refractivity contribution >= 4 is 17.7 Å². The van der Waals surface area contributed by atoms with Crippen LogP contribution in [0, 0.1) is 6.92 Å². The first-order valence-corrected chi connectivity index (χ1v) is 11.3. The van der Waals surface area contributed by atoms with Crippen molar-refractivity contribution < 1.29 is 14.0 Å². The fourth-order valence-corrected chi connectivity index (χ4v) is 4.33. The van der Waals surface area contributed by atoms with E-state index < -0.39 is 0 Å². The van der Waals surface area contributed by atoms with Crippen LogP contribution in [-0.2, 0) is 4.79 Å². The van der Waals surface area contributed by atoms with Crippen molar-refractivity contribution in [1.29, 1.82) is 0 Å². The van der Waals surface area contributed by atoms with Gasteiger partial charge in [0.2, 0.25) is 0 Å². The molecule has 1 aromatic rings. The summed E-state index contributed by atoms with van der Waals surface area (Å²) in [6.45, 7) is 10.7. The minimum Gasteiger partial charge on any atom is -0.493 e. The number of amides is 1. The number of quaternary nitrogens is 1. The van der Waals surface area contributed by atoms with Gasteiger partial charge in [0.1, 0.15) is 5.75 Å². The predicted molar refractivity (Wildman–Crippen MR) is 116 cm³/mol. The van der Waals surface area contributed by atoms with Gasteiger partial charge in [-0.3, -0.25) is 4.79 Å². The Morgan fingerprint density at radius 2 is 1.93 bits per heavy atom.